The summed E-state index contributed by atoms with van der Waals surface area (Å²) >= 11 is 0. The Morgan fingerprint density at radius 3 is 2.07 bits per heavy atom. The first-order chi connectivity index (χ1) is 6.49. The molecule has 0 aromatic carbocycles. The third-order valence-corrected chi connectivity index (χ3v) is 3.34. The number of rotatable bonds is 3. The predicted octanol–water partition coefficient (Wildman–Crippen LogP) is 0.814. The molecule has 0 aromatic heterocycles. The lowest BCUT2D eigenvalue weighted by Crippen LogP contribution is -2.28. The van der Waals surface area contributed by atoms with E-state index in [9.17, 15) is 13.2 Å². The van der Waals surface area contributed by atoms with Crippen molar-refractivity contribution < 1.29 is 13.2 Å². The quantitative estimate of drug-likeness (QED) is 0.714. The molecule has 0 aromatic rings. The van der Waals surface area contributed by atoms with Crippen LogP contribution in [0.15, 0.2) is 0 Å². The minimum atomic E-state index is -3.63. The molecule has 4 nitrogen and oxygen atoms in total. The Bertz CT molecular complexity index is 289. The fraction of sp³-hybridized carbons (Fsp3) is 0.889. The number of carbonyl (C=O) groups excluding carboxylic acids is 1. The van der Waals surface area contributed by atoms with Crippen LogP contribution in [-0.4, -0.2) is 20.0 Å². The van der Waals surface area contributed by atoms with Gasteiger partial charge >= 0.3 is 0 Å². The smallest absolute Gasteiger partial charge is 0.216 e. The van der Waals surface area contributed by atoms with E-state index in [4.69, 9.17) is 5.14 Å². The highest BCUT2D eigenvalue weighted by Gasteiger charge is 2.23. The van der Waals surface area contributed by atoms with Gasteiger partial charge in [-0.1, -0.05) is 25.7 Å². The number of hydrogen-bond acceptors (Lipinski definition) is 3. The average molecular weight is 219 g/mol. The minimum absolute atomic E-state index is 0.0733. The van der Waals surface area contributed by atoms with Crippen LogP contribution in [0.3, 0.4) is 0 Å². The van der Waals surface area contributed by atoms with Crippen LogP contribution in [0.2, 0.25) is 0 Å². The van der Waals surface area contributed by atoms with E-state index >= 15 is 0 Å². The number of carbonyl (C=O) groups is 1. The Morgan fingerprint density at radius 1 is 1.14 bits per heavy atom. The molecular formula is C9H17NO3S. The fourth-order valence-corrected chi connectivity index (χ4v) is 2.55. The van der Waals surface area contributed by atoms with E-state index in [0.717, 1.165) is 38.5 Å². The van der Waals surface area contributed by atoms with Gasteiger partial charge < -0.3 is 0 Å². The van der Waals surface area contributed by atoms with Crippen LogP contribution in [0.4, 0.5) is 0 Å². The van der Waals surface area contributed by atoms with Gasteiger partial charge in [-0.3, -0.25) is 4.79 Å². The molecule has 0 atom stereocenters. The summed E-state index contributed by atoms with van der Waals surface area (Å²) < 4.78 is 21.5. The van der Waals surface area contributed by atoms with Crippen LogP contribution in [0.5, 0.6) is 0 Å². The van der Waals surface area contributed by atoms with E-state index in [2.05, 4.69) is 0 Å². The van der Waals surface area contributed by atoms with Gasteiger partial charge in [0.1, 0.15) is 5.75 Å². The molecule has 2 N–H and O–H groups in total. The second-order valence-corrected chi connectivity index (χ2v) is 5.58. The highest BCUT2D eigenvalue weighted by atomic mass is 32.2. The van der Waals surface area contributed by atoms with Crippen LogP contribution in [0, 0.1) is 5.92 Å². The molecule has 0 bridgehead atoms. The van der Waals surface area contributed by atoms with Crippen LogP contribution in [0.1, 0.15) is 38.5 Å². The lowest BCUT2D eigenvalue weighted by atomic mass is 9.96. The Kier molecular flexibility index (Phi) is 4.07. The summed E-state index contributed by atoms with van der Waals surface area (Å²) in [6.07, 6.45) is 6.02. The average Bonchev–Trinajstić information content (AvgIpc) is 2.27. The van der Waals surface area contributed by atoms with Crippen molar-refractivity contribution in [2.24, 2.45) is 11.1 Å². The second kappa shape index (κ2) is 4.89. The zero-order chi connectivity index (χ0) is 10.6. The topological polar surface area (TPSA) is 77.2 Å². The number of primary sulfonamides is 1. The number of hydrogen-bond donors (Lipinski definition) is 1. The third-order valence-electron chi connectivity index (χ3n) is 2.65. The molecular weight excluding hydrogens is 202 g/mol. The molecule has 0 unspecified atom stereocenters. The van der Waals surface area contributed by atoms with E-state index in [1.54, 1.807) is 0 Å². The molecule has 0 saturated heterocycles. The zero-order valence-electron chi connectivity index (χ0n) is 8.24. The molecule has 1 fully saturated rings. The lowest BCUT2D eigenvalue weighted by Gasteiger charge is -2.11. The number of Topliss-reactive ketones (excluding diaryl/α,β-unsaturated/α-hetero) is 1. The number of ketones is 1. The van der Waals surface area contributed by atoms with Crippen LogP contribution in [0.25, 0.3) is 0 Å². The van der Waals surface area contributed by atoms with Crippen LogP contribution >= 0.6 is 0 Å². The van der Waals surface area contributed by atoms with E-state index in [1.807, 2.05) is 0 Å². The standard InChI is InChI=1S/C9H17NO3S/c10-14(12,13)7-9(11)8-5-3-1-2-4-6-8/h8H,1-7H2,(H2,10,12,13). The summed E-state index contributed by atoms with van der Waals surface area (Å²) in [5.74, 6) is -0.761. The van der Waals surface area contributed by atoms with Crippen molar-refractivity contribution in [1.29, 1.82) is 0 Å². The maximum absolute atomic E-state index is 11.5. The van der Waals surface area contributed by atoms with Crippen molar-refractivity contribution in [2.75, 3.05) is 5.75 Å². The van der Waals surface area contributed by atoms with Gasteiger partial charge in [-0.05, 0) is 12.8 Å². The summed E-state index contributed by atoms with van der Waals surface area (Å²) in [5, 5.41) is 4.83. The second-order valence-electron chi connectivity index (χ2n) is 3.96. The number of nitrogens with two attached hydrogens (primary N) is 1. The lowest BCUT2D eigenvalue weighted by molar-refractivity contribution is -0.120. The molecule has 1 rings (SSSR count). The molecule has 1 aliphatic rings. The minimum Gasteiger partial charge on any atom is -0.298 e. The Labute approximate surface area is 84.9 Å². The van der Waals surface area contributed by atoms with Crippen molar-refractivity contribution in [3.63, 3.8) is 0 Å². The molecule has 0 radical (unpaired) electrons. The number of sulfonamides is 1. The van der Waals surface area contributed by atoms with Crippen LogP contribution < -0.4 is 5.14 Å². The molecule has 0 spiro atoms. The molecule has 0 aliphatic heterocycles. The summed E-state index contributed by atoms with van der Waals surface area (Å²) in [5.41, 5.74) is 0. The van der Waals surface area contributed by atoms with Crippen molar-refractivity contribution in [1.82, 2.24) is 0 Å². The predicted molar refractivity (Wildman–Crippen MR) is 54.2 cm³/mol. The van der Waals surface area contributed by atoms with Gasteiger partial charge in [0.2, 0.25) is 10.0 Å². The Balaban J connectivity index is 2.50. The van der Waals surface area contributed by atoms with E-state index in [0.29, 0.717) is 0 Å². The Hall–Kier alpha value is -0.420. The summed E-state index contributed by atoms with van der Waals surface area (Å²) in [6, 6.07) is 0. The molecule has 1 aliphatic carbocycles. The van der Waals surface area contributed by atoms with Crippen LogP contribution in [-0.2, 0) is 14.8 Å². The van der Waals surface area contributed by atoms with Gasteiger partial charge in [0.25, 0.3) is 0 Å². The van der Waals surface area contributed by atoms with Gasteiger partial charge in [-0.2, -0.15) is 0 Å². The monoisotopic (exact) mass is 219 g/mol. The van der Waals surface area contributed by atoms with Crippen molar-refractivity contribution in [2.45, 2.75) is 38.5 Å². The molecule has 0 heterocycles. The molecule has 1 saturated carbocycles. The molecule has 5 heteroatoms. The first-order valence-corrected chi connectivity index (χ1v) is 6.74. The first-order valence-electron chi connectivity index (χ1n) is 5.02. The van der Waals surface area contributed by atoms with E-state index in [-0.39, 0.29) is 11.7 Å². The van der Waals surface area contributed by atoms with Crippen molar-refractivity contribution >= 4 is 15.8 Å². The summed E-state index contributed by atoms with van der Waals surface area (Å²) in [4.78, 5) is 11.5. The highest BCUT2D eigenvalue weighted by Crippen LogP contribution is 2.23. The SMILES string of the molecule is NS(=O)(=O)CC(=O)C1CCCCCC1. The van der Waals surface area contributed by atoms with Gasteiger partial charge in [0.05, 0.1) is 0 Å². The molecule has 82 valence electrons. The highest BCUT2D eigenvalue weighted by molar-refractivity contribution is 7.89. The van der Waals surface area contributed by atoms with Gasteiger partial charge in [-0.15, -0.1) is 0 Å². The normalized spacial score (nSPS) is 20.4. The zero-order valence-corrected chi connectivity index (χ0v) is 9.05. The molecule has 0 amide bonds. The fourth-order valence-electron chi connectivity index (χ4n) is 1.92. The van der Waals surface area contributed by atoms with Crippen molar-refractivity contribution in [3.8, 4) is 0 Å². The summed E-state index contributed by atoms with van der Waals surface area (Å²) in [7, 11) is -3.63. The maximum atomic E-state index is 11.5. The third kappa shape index (κ3) is 4.19. The molecule has 14 heavy (non-hydrogen) atoms. The first kappa shape index (κ1) is 11.7. The van der Waals surface area contributed by atoms with Gasteiger partial charge in [0.15, 0.2) is 5.78 Å². The van der Waals surface area contributed by atoms with Gasteiger partial charge in [-0.25, -0.2) is 13.6 Å². The van der Waals surface area contributed by atoms with E-state index in [1.165, 1.54) is 0 Å². The van der Waals surface area contributed by atoms with Gasteiger partial charge in [0, 0.05) is 5.92 Å². The van der Waals surface area contributed by atoms with Crippen molar-refractivity contribution in [3.05, 3.63) is 0 Å². The largest absolute Gasteiger partial charge is 0.298 e. The summed E-state index contributed by atoms with van der Waals surface area (Å²) in [6.45, 7) is 0. The van der Waals surface area contributed by atoms with E-state index < -0.39 is 15.8 Å². The maximum Gasteiger partial charge on any atom is 0.216 e. The Morgan fingerprint density at radius 2 is 1.64 bits per heavy atom.